The maximum atomic E-state index is 2.49. The van der Waals surface area contributed by atoms with Crippen molar-refractivity contribution < 1.29 is 0 Å². The molecule has 272 valence electrons. The quantitative estimate of drug-likeness (QED) is 0.168. The molecule has 1 aromatic heterocycles. The maximum absolute atomic E-state index is 2.49. The first-order valence-electron chi connectivity index (χ1n) is 20.4. The van der Waals surface area contributed by atoms with Crippen molar-refractivity contribution in [2.45, 2.75) is 53.7 Å². The van der Waals surface area contributed by atoms with Crippen LogP contribution in [-0.2, 0) is 5.41 Å². The summed E-state index contributed by atoms with van der Waals surface area (Å²) in [5.41, 5.74) is 12.6. The Bertz CT molecular complexity index is 2650. The van der Waals surface area contributed by atoms with Crippen molar-refractivity contribution in [3.8, 4) is 5.69 Å². The zero-order valence-corrected chi connectivity index (χ0v) is 32.2. The summed E-state index contributed by atoms with van der Waals surface area (Å²) in [6, 6.07) is 63.2. The molecule has 5 aliphatic rings. The van der Waals surface area contributed by atoms with Gasteiger partial charge in [-0.1, -0.05) is 90.6 Å². The first kappa shape index (κ1) is 32.5. The van der Waals surface area contributed by atoms with E-state index in [0.717, 1.165) is 40.5 Å². The lowest BCUT2D eigenvalue weighted by Crippen LogP contribution is -2.48. The van der Waals surface area contributed by atoms with Crippen LogP contribution in [0, 0.1) is 17.8 Å². The predicted molar refractivity (Wildman–Crippen MR) is 234 cm³/mol. The molecule has 4 bridgehead atoms. The molecule has 0 N–H and O–H groups in total. The van der Waals surface area contributed by atoms with Gasteiger partial charge in [-0.3, -0.25) is 0 Å². The zero-order chi connectivity index (χ0) is 36.8. The molecule has 2 heterocycles. The summed E-state index contributed by atoms with van der Waals surface area (Å²) in [5.74, 6) is 2.78. The number of aromatic nitrogens is 1. The van der Waals surface area contributed by atoms with Crippen LogP contribution in [-0.4, -0.2) is 4.57 Å². The number of benzene rings is 7. The molecule has 4 saturated carbocycles. The standard InChI is InChI=1S/C52H43N3S/c1-3-14-46-44(12-1)45-13-2-4-15-47(45)55(46)43-11-9-10-42(31-43)53(39-22-20-38(21-23-39)52-32-35-28-36(33-52)30-37(29-35)34-52)40-24-26-41(27-25-40)54-48-16-5-7-18-50(48)56-51-19-8-6-17-49(51)54/h1-27,31,35-37H,28-30,32-34H2. The Labute approximate surface area is 333 Å². The highest BCUT2D eigenvalue weighted by atomic mass is 32.2. The second kappa shape index (κ2) is 12.7. The molecule has 56 heavy (non-hydrogen) atoms. The lowest BCUT2D eigenvalue weighted by molar-refractivity contribution is -0.00518. The third-order valence-electron chi connectivity index (χ3n) is 13.5. The van der Waals surface area contributed by atoms with Crippen LogP contribution in [0.1, 0.15) is 44.1 Å². The normalized spacial score (nSPS) is 22.0. The third-order valence-corrected chi connectivity index (χ3v) is 14.6. The molecule has 0 atom stereocenters. The van der Waals surface area contributed by atoms with Crippen molar-refractivity contribution in [2.24, 2.45) is 17.8 Å². The SMILES string of the molecule is c1cc(N(c2ccc(N3c4ccccc4Sc4ccccc43)cc2)c2ccc(C34CC5CC(CC(C5)C3)C4)cc2)cc(-n2c3ccccc3c3ccccc32)c1. The average Bonchev–Trinajstić information content (AvgIpc) is 3.58. The van der Waals surface area contributed by atoms with E-state index in [4.69, 9.17) is 0 Å². The summed E-state index contributed by atoms with van der Waals surface area (Å²) in [4.78, 5) is 7.42. The van der Waals surface area contributed by atoms with Gasteiger partial charge in [0.2, 0.25) is 0 Å². The Morgan fingerprint density at radius 1 is 0.464 bits per heavy atom. The van der Waals surface area contributed by atoms with Gasteiger partial charge in [0.15, 0.2) is 0 Å². The number of hydrogen-bond donors (Lipinski definition) is 0. The van der Waals surface area contributed by atoms with Crippen molar-refractivity contribution in [1.29, 1.82) is 0 Å². The van der Waals surface area contributed by atoms with Crippen molar-refractivity contribution >= 4 is 67.7 Å². The molecule has 4 heteroatoms. The number of para-hydroxylation sites is 4. The van der Waals surface area contributed by atoms with E-state index < -0.39 is 0 Å². The minimum absolute atomic E-state index is 0.371. The molecular formula is C52H43N3S. The van der Waals surface area contributed by atoms with Gasteiger partial charge >= 0.3 is 0 Å². The summed E-state index contributed by atoms with van der Waals surface area (Å²) in [6.45, 7) is 0. The van der Waals surface area contributed by atoms with Gasteiger partial charge in [-0.15, -0.1) is 0 Å². The number of anilines is 6. The molecular weight excluding hydrogens is 699 g/mol. The van der Waals surface area contributed by atoms with Gasteiger partial charge < -0.3 is 14.4 Å². The average molecular weight is 742 g/mol. The molecule has 3 nitrogen and oxygen atoms in total. The zero-order valence-electron chi connectivity index (χ0n) is 31.4. The number of hydrogen-bond acceptors (Lipinski definition) is 3. The van der Waals surface area contributed by atoms with Gasteiger partial charge in [0, 0.05) is 49.0 Å². The highest BCUT2D eigenvalue weighted by molar-refractivity contribution is 7.99. The maximum Gasteiger partial charge on any atom is 0.0601 e. The minimum Gasteiger partial charge on any atom is -0.310 e. The van der Waals surface area contributed by atoms with E-state index in [1.807, 2.05) is 11.8 Å². The fraction of sp³-hybridized carbons (Fsp3) is 0.192. The molecule has 4 aliphatic carbocycles. The van der Waals surface area contributed by atoms with Gasteiger partial charge in [0.25, 0.3) is 0 Å². The molecule has 1 aliphatic heterocycles. The molecule has 0 unspecified atom stereocenters. The topological polar surface area (TPSA) is 11.4 Å². The van der Waals surface area contributed by atoms with E-state index >= 15 is 0 Å². The second-order valence-corrected chi connectivity index (χ2v) is 17.9. The summed E-state index contributed by atoms with van der Waals surface area (Å²) in [7, 11) is 0. The molecule has 8 aromatic rings. The van der Waals surface area contributed by atoms with E-state index in [1.165, 1.54) is 87.2 Å². The fourth-order valence-corrected chi connectivity index (χ4v) is 12.6. The smallest absolute Gasteiger partial charge is 0.0601 e. The molecule has 0 amide bonds. The van der Waals surface area contributed by atoms with E-state index in [9.17, 15) is 0 Å². The van der Waals surface area contributed by atoms with Crippen LogP contribution in [0.3, 0.4) is 0 Å². The van der Waals surface area contributed by atoms with Crippen molar-refractivity contribution in [3.63, 3.8) is 0 Å². The van der Waals surface area contributed by atoms with Crippen molar-refractivity contribution in [1.82, 2.24) is 4.57 Å². The van der Waals surface area contributed by atoms with Crippen LogP contribution in [0.5, 0.6) is 0 Å². The Morgan fingerprint density at radius 3 is 1.57 bits per heavy atom. The van der Waals surface area contributed by atoms with Gasteiger partial charge in [-0.25, -0.2) is 0 Å². The van der Waals surface area contributed by atoms with Crippen molar-refractivity contribution in [3.05, 3.63) is 175 Å². The molecule has 0 spiro atoms. The van der Waals surface area contributed by atoms with Crippen molar-refractivity contribution in [2.75, 3.05) is 9.80 Å². The summed E-state index contributed by atoms with van der Waals surface area (Å²) in [6.07, 6.45) is 8.55. The van der Waals surface area contributed by atoms with Crippen LogP contribution >= 0.6 is 11.8 Å². The lowest BCUT2D eigenvalue weighted by Gasteiger charge is -2.57. The predicted octanol–water partition coefficient (Wildman–Crippen LogP) is 14.7. The number of fused-ring (bicyclic) bond motifs is 5. The van der Waals surface area contributed by atoms with E-state index in [0.29, 0.717) is 5.41 Å². The summed E-state index contributed by atoms with van der Waals surface area (Å²) in [5, 5.41) is 2.56. The lowest BCUT2D eigenvalue weighted by atomic mass is 9.48. The van der Waals surface area contributed by atoms with Crippen LogP contribution in [0.2, 0.25) is 0 Å². The molecule has 0 saturated heterocycles. The molecule has 4 fully saturated rings. The van der Waals surface area contributed by atoms with Gasteiger partial charge in [0.1, 0.15) is 0 Å². The summed E-state index contributed by atoms with van der Waals surface area (Å²) >= 11 is 1.85. The van der Waals surface area contributed by atoms with E-state index in [1.54, 1.807) is 5.56 Å². The van der Waals surface area contributed by atoms with E-state index in [-0.39, 0.29) is 0 Å². The van der Waals surface area contributed by atoms with Gasteiger partial charge in [-0.2, -0.15) is 0 Å². The summed E-state index contributed by atoms with van der Waals surface area (Å²) < 4.78 is 2.43. The number of rotatable bonds is 6. The largest absolute Gasteiger partial charge is 0.310 e. The Kier molecular flexibility index (Phi) is 7.35. The Morgan fingerprint density at radius 2 is 0.982 bits per heavy atom. The second-order valence-electron chi connectivity index (χ2n) is 16.9. The monoisotopic (exact) mass is 741 g/mol. The Hall–Kier alpha value is -5.71. The fourth-order valence-electron chi connectivity index (χ4n) is 11.6. The van der Waals surface area contributed by atoms with Crippen LogP contribution in [0.25, 0.3) is 27.5 Å². The first-order chi connectivity index (χ1) is 27.7. The first-order valence-corrected chi connectivity index (χ1v) is 21.2. The molecule has 13 rings (SSSR count). The van der Waals surface area contributed by atoms with Gasteiger partial charge in [-0.05, 0) is 158 Å². The van der Waals surface area contributed by atoms with Crippen LogP contribution < -0.4 is 9.80 Å². The highest BCUT2D eigenvalue weighted by Gasteiger charge is 2.51. The third kappa shape index (κ3) is 5.12. The van der Waals surface area contributed by atoms with Gasteiger partial charge in [0.05, 0.1) is 22.4 Å². The number of nitrogens with zero attached hydrogens (tertiary/aromatic N) is 3. The van der Waals surface area contributed by atoms with Crippen LogP contribution in [0.15, 0.2) is 180 Å². The molecule has 0 radical (unpaired) electrons. The van der Waals surface area contributed by atoms with Crippen LogP contribution in [0.4, 0.5) is 34.1 Å². The highest BCUT2D eigenvalue weighted by Crippen LogP contribution is 2.61. The minimum atomic E-state index is 0.371. The Balaban J connectivity index is 0.981. The molecule has 7 aromatic carbocycles. The van der Waals surface area contributed by atoms with E-state index in [2.05, 4.69) is 184 Å².